The maximum atomic E-state index is 12.8. The summed E-state index contributed by atoms with van der Waals surface area (Å²) in [6, 6.07) is 0. The number of thiazole rings is 1. The first-order valence-electron chi connectivity index (χ1n) is 7.12. The van der Waals surface area contributed by atoms with Gasteiger partial charge in [0.2, 0.25) is 0 Å². The number of amides is 1. The van der Waals surface area contributed by atoms with E-state index in [0.717, 1.165) is 0 Å². The van der Waals surface area contributed by atoms with Crippen LogP contribution in [0.1, 0.15) is 32.4 Å². The van der Waals surface area contributed by atoms with Gasteiger partial charge in [-0.1, -0.05) is 19.0 Å². The Labute approximate surface area is 133 Å². The Hall–Kier alpha value is -1.67. The zero-order chi connectivity index (χ0) is 16.3. The number of nitrogens with zero attached hydrogens (tertiary/aromatic N) is 3. The molecule has 0 saturated carbocycles. The minimum atomic E-state index is -0.398. The van der Waals surface area contributed by atoms with Gasteiger partial charge in [-0.3, -0.25) is 4.79 Å². The fourth-order valence-electron chi connectivity index (χ4n) is 2.71. The highest BCUT2D eigenvalue weighted by Gasteiger charge is 2.33. The Kier molecular flexibility index (Phi) is 5.02. The number of rotatable bonds is 3. The predicted octanol–water partition coefficient (Wildman–Crippen LogP) is 1.09. The fourth-order valence-corrected chi connectivity index (χ4v) is 3.26. The van der Waals surface area contributed by atoms with Gasteiger partial charge in [0.1, 0.15) is 12.8 Å². The Balaban J connectivity index is 2.25. The molecule has 0 spiro atoms. The molecular weight excluding hydrogens is 304 g/mol. The van der Waals surface area contributed by atoms with E-state index in [9.17, 15) is 9.90 Å². The molecule has 0 bridgehead atoms. The number of hydrogen-bond acceptors (Lipinski definition) is 7. The molecule has 1 aromatic heterocycles. The number of nitrogen functional groups attached to an aromatic ring is 1. The summed E-state index contributed by atoms with van der Waals surface area (Å²) < 4.78 is 0. The first kappa shape index (κ1) is 16.7. The van der Waals surface area contributed by atoms with Gasteiger partial charge in [-0.05, 0) is 18.3 Å². The van der Waals surface area contributed by atoms with E-state index in [1.807, 2.05) is 13.8 Å². The van der Waals surface area contributed by atoms with E-state index in [-0.39, 0.29) is 17.0 Å². The number of aliphatic hydroxyl groups is 1. The average Bonchev–Trinajstić information content (AvgIpc) is 2.79. The zero-order valence-electron chi connectivity index (χ0n) is 13.1. The fraction of sp³-hybridized carbons (Fsp3) is 0.643. The normalized spacial score (nSPS) is 22.3. The minimum Gasteiger partial charge on any atom is -0.398 e. The van der Waals surface area contributed by atoms with Crippen molar-refractivity contribution in [3.05, 3.63) is 11.1 Å². The number of nitrogens with two attached hydrogens (primary N) is 1. The van der Waals surface area contributed by atoms with Crippen LogP contribution in [0.2, 0.25) is 0 Å². The highest BCUT2D eigenvalue weighted by molar-refractivity contribution is 7.13. The van der Waals surface area contributed by atoms with Crippen molar-refractivity contribution in [1.29, 1.82) is 0 Å². The summed E-state index contributed by atoms with van der Waals surface area (Å²) in [6.45, 7) is 5.10. The van der Waals surface area contributed by atoms with Gasteiger partial charge >= 0.3 is 0 Å². The monoisotopic (exact) mass is 326 g/mol. The molecule has 2 heterocycles. The maximum Gasteiger partial charge on any atom is 0.278 e. The molecule has 8 heteroatoms. The average molecular weight is 326 g/mol. The van der Waals surface area contributed by atoms with Crippen molar-refractivity contribution >= 4 is 28.1 Å². The molecule has 1 aromatic rings. The van der Waals surface area contributed by atoms with E-state index < -0.39 is 6.10 Å². The van der Waals surface area contributed by atoms with Gasteiger partial charge in [-0.25, -0.2) is 4.98 Å². The largest absolute Gasteiger partial charge is 0.398 e. The predicted molar refractivity (Wildman–Crippen MR) is 85.7 cm³/mol. The van der Waals surface area contributed by atoms with Crippen LogP contribution in [0.15, 0.2) is 10.5 Å². The molecule has 3 N–H and O–H groups in total. The van der Waals surface area contributed by atoms with Crippen molar-refractivity contribution in [3.63, 3.8) is 0 Å². The second kappa shape index (κ2) is 6.62. The number of hydrogen-bond donors (Lipinski definition) is 2. The molecule has 22 heavy (non-hydrogen) atoms. The van der Waals surface area contributed by atoms with Crippen LogP contribution in [0.4, 0.5) is 5.13 Å². The van der Waals surface area contributed by atoms with Crippen molar-refractivity contribution in [2.45, 2.75) is 32.8 Å². The van der Waals surface area contributed by atoms with E-state index in [1.165, 1.54) is 18.4 Å². The zero-order valence-corrected chi connectivity index (χ0v) is 13.9. The van der Waals surface area contributed by atoms with Gasteiger partial charge in [0, 0.05) is 18.5 Å². The summed E-state index contributed by atoms with van der Waals surface area (Å²) in [7, 11) is 1.39. The van der Waals surface area contributed by atoms with Crippen molar-refractivity contribution in [1.82, 2.24) is 9.88 Å². The van der Waals surface area contributed by atoms with E-state index >= 15 is 0 Å². The molecule has 1 aliphatic rings. The van der Waals surface area contributed by atoms with E-state index in [4.69, 9.17) is 10.6 Å². The molecule has 0 aliphatic carbocycles. The number of anilines is 1. The molecule has 1 saturated heterocycles. The van der Waals surface area contributed by atoms with Gasteiger partial charge in [0.15, 0.2) is 10.8 Å². The molecule has 1 fully saturated rings. The second-order valence-corrected chi connectivity index (χ2v) is 7.12. The Morgan fingerprint density at radius 2 is 2.36 bits per heavy atom. The molecule has 1 unspecified atom stereocenters. The van der Waals surface area contributed by atoms with Crippen molar-refractivity contribution in [2.24, 2.45) is 10.6 Å². The third-order valence-electron chi connectivity index (χ3n) is 3.58. The SMILES string of the molecule is CON=C(C(=O)N1CCC(O)CC(C)(C)C1)c1csc(N)n1. The Morgan fingerprint density at radius 1 is 1.64 bits per heavy atom. The molecule has 1 aliphatic heterocycles. The van der Waals surface area contributed by atoms with Gasteiger partial charge in [0.25, 0.3) is 5.91 Å². The summed E-state index contributed by atoms with van der Waals surface area (Å²) in [5.74, 6) is -0.255. The minimum absolute atomic E-state index is 0.141. The summed E-state index contributed by atoms with van der Waals surface area (Å²) in [6.07, 6.45) is 0.816. The Morgan fingerprint density at radius 3 is 2.95 bits per heavy atom. The molecule has 2 rings (SSSR count). The highest BCUT2D eigenvalue weighted by Crippen LogP contribution is 2.28. The Bertz CT molecular complexity index is 570. The highest BCUT2D eigenvalue weighted by atomic mass is 32.1. The number of likely N-dealkylation sites (tertiary alicyclic amines) is 1. The molecule has 0 radical (unpaired) electrons. The lowest BCUT2D eigenvalue weighted by Crippen LogP contribution is -2.42. The van der Waals surface area contributed by atoms with Gasteiger partial charge in [-0.2, -0.15) is 0 Å². The molecule has 0 aromatic carbocycles. The van der Waals surface area contributed by atoms with Gasteiger partial charge in [-0.15, -0.1) is 11.3 Å². The lowest BCUT2D eigenvalue weighted by molar-refractivity contribution is -0.125. The second-order valence-electron chi connectivity index (χ2n) is 6.23. The first-order valence-corrected chi connectivity index (χ1v) is 8.00. The summed E-state index contributed by atoms with van der Waals surface area (Å²) in [4.78, 5) is 23.4. The van der Waals surface area contributed by atoms with E-state index in [1.54, 1.807) is 10.3 Å². The van der Waals surface area contributed by atoms with Crippen LogP contribution in [0, 0.1) is 5.41 Å². The molecular formula is C14H22N4O3S. The van der Waals surface area contributed by atoms with Gasteiger partial charge < -0.3 is 20.6 Å². The molecule has 7 nitrogen and oxygen atoms in total. The molecule has 1 atom stereocenters. The molecule has 1 amide bonds. The third kappa shape index (κ3) is 3.95. The summed E-state index contributed by atoms with van der Waals surface area (Å²) in [5.41, 5.74) is 6.02. The lowest BCUT2D eigenvalue weighted by atomic mass is 9.87. The van der Waals surface area contributed by atoms with E-state index in [0.29, 0.717) is 36.8 Å². The van der Waals surface area contributed by atoms with Crippen LogP contribution in [0.3, 0.4) is 0 Å². The van der Waals surface area contributed by atoms with Crippen molar-refractivity contribution in [3.8, 4) is 0 Å². The number of aromatic nitrogens is 1. The summed E-state index contributed by atoms with van der Waals surface area (Å²) >= 11 is 1.25. The maximum absolute atomic E-state index is 12.8. The number of aliphatic hydroxyl groups excluding tert-OH is 1. The van der Waals surface area contributed by atoms with Crippen LogP contribution in [0.25, 0.3) is 0 Å². The molecule has 122 valence electrons. The van der Waals surface area contributed by atoms with Gasteiger partial charge in [0.05, 0.1) is 6.10 Å². The first-order chi connectivity index (χ1) is 10.3. The number of carbonyl (C=O) groups is 1. The quantitative estimate of drug-likeness (QED) is 0.639. The van der Waals surface area contributed by atoms with Crippen LogP contribution in [0.5, 0.6) is 0 Å². The van der Waals surface area contributed by atoms with Crippen molar-refractivity contribution < 1.29 is 14.7 Å². The van der Waals surface area contributed by atoms with Crippen molar-refractivity contribution in [2.75, 3.05) is 25.9 Å². The van der Waals surface area contributed by atoms with Crippen LogP contribution >= 0.6 is 11.3 Å². The third-order valence-corrected chi connectivity index (χ3v) is 4.25. The number of oxime groups is 1. The standard InChI is InChI=1S/C14H22N4O3S/c1-14(2)6-9(19)4-5-18(8-14)12(20)11(17-21-3)10-7-22-13(15)16-10/h7,9,19H,4-6,8H2,1-3H3,(H2,15,16). The number of carbonyl (C=O) groups excluding carboxylic acids is 1. The van der Waals surface area contributed by atoms with Crippen LogP contribution in [-0.2, 0) is 9.63 Å². The van der Waals surface area contributed by atoms with E-state index in [2.05, 4.69) is 10.1 Å². The smallest absolute Gasteiger partial charge is 0.278 e. The van der Waals surface area contributed by atoms with Crippen LogP contribution in [-0.4, -0.2) is 52.9 Å². The lowest BCUT2D eigenvalue weighted by Gasteiger charge is -2.29. The van der Waals surface area contributed by atoms with Crippen LogP contribution < -0.4 is 5.73 Å². The summed E-state index contributed by atoms with van der Waals surface area (Å²) in [5, 5.41) is 15.9. The topological polar surface area (TPSA) is 101 Å².